The summed E-state index contributed by atoms with van der Waals surface area (Å²) in [5, 5.41) is 12.7. The molecule has 5 nitrogen and oxygen atoms in total. The van der Waals surface area contributed by atoms with Gasteiger partial charge in [-0.25, -0.2) is 4.98 Å². The predicted octanol–water partition coefficient (Wildman–Crippen LogP) is 6.03. The standard InChI is InChI=1S/C29H36N2O3S/c1-18-10-13-35-27(18)21-8-6-20(7-9-21)17-31-12-11-30-28(31)24-16-22(33)15-23(24)26(34)25(14-19(2)32)29(3,4)5/h6-13,22-25,33H,14-17H2,1-5H3/t22-,23?,24+,25+/m0/s1. The lowest BCUT2D eigenvalue weighted by atomic mass is 9.70. The molecule has 1 aliphatic carbocycles. The van der Waals surface area contributed by atoms with E-state index in [1.807, 2.05) is 27.0 Å². The van der Waals surface area contributed by atoms with Crippen LogP contribution in [0.5, 0.6) is 0 Å². The van der Waals surface area contributed by atoms with E-state index in [1.54, 1.807) is 24.5 Å². The van der Waals surface area contributed by atoms with Crippen molar-refractivity contribution in [2.24, 2.45) is 17.3 Å². The number of hydrogen-bond acceptors (Lipinski definition) is 5. The van der Waals surface area contributed by atoms with Crippen LogP contribution in [0.3, 0.4) is 0 Å². The van der Waals surface area contributed by atoms with Gasteiger partial charge in [0.2, 0.25) is 0 Å². The molecule has 1 fully saturated rings. The number of benzene rings is 1. The highest BCUT2D eigenvalue weighted by Gasteiger charge is 2.45. The monoisotopic (exact) mass is 492 g/mol. The summed E-state index contributed by atoms with van der Waals surface area (Å²) in [6.07, 6.45) is 4.38. The van der Waals surface area contributed by atoms with Crippen LogP contribution in [0.25, 0.3) is 10.4 Å². The van der Waals surface area contributed by atoms with Crippen molar-refractivity contribution in [3.63, 3.8) is 0 Å². The number of aryl methyl sites for hydroxylation is 1. The highest BCUT2D eigenvalue weighted by atomic mass is 32.1. The van der Waals surface area contributed by atoms with Gasteiger partial charge in [0.1, 0.15) is 17.4 Å². The Morgan fingerprint density at radius 1 is 1.17 bits per heavy atom. The van der Waals surface area contributed by atoms with Crippen molar-refractivity contribution >= 4 is 22.9 Å². The Bertz CT molecular complexity index is 1190. The SMILES string of the molecule is CC(=O)C[C@H](C(=O)C1C[C@H](O)C[C@H]1c1nccn1Cc1ccc(-c2sccc2C)cc1)C(C)(C)C. The van der Waals surface area contributed by atoms with Gasteiger partial charge in [-0.2, -0.15) is 0 Å². The maximum atomic E-state index is 13.7. The molecule has 1 N–H and O–H groups in total. The molecule has 0 aliphatic heterocycles. The van der Waals surface area contributed by atoms with Crippen LogP contribution in [0.1, 0.15) is 69.8 Å². The average molecular weight is 493 g/mol. The fourth-order valence-electron chi connectivity index (χ4n) is 5.40. The average Bonchev–Trinajstić information content (AvgIpc) is 3.51. The Morgan fingerprint density at radius 3 is 2.49 bits per heavy atom. The maximum absolute atomic E-state index is 13.7. The van der Waals surface area contributed by atoms with Gasteiger partial charge >= 0.3 is 0 Å². The van der Waals surface area contributed by atoms with Crippen molar-refractivity contribution in [2.75, 3.05) is 0 Å². The Balaban J connectivity index is 1.56. The van der Waals surface area contributed by atoms with E-state index in [0.29, 0.717) is 19.4 Å². The predicted molar refractivity (Wildman–Crippen MR) is 141 cm³/mol. The molecule has 4 atom stereocenters. The summed E-state index contributed by atoms with van der Waals surface area (Å²) in [7, 11) is 0. The van der Waals surface area contributed by atoms with E-state index >= 15 is 0 Å². The smallest absolute Gasteiger partial charge is 0.140 e. The molecule has 35 heavy (non-hydrogen) atoms. The number of carbonyl (C=O) groups excluding carboxylic acids is 2. The largest absolute Gasteiger partial charge is 0.393 e. The zero-order chi connectivity index (χ0) is 25.3. The van der Waals surface area contributed by atoms with Gasteiger partial charge in [0.05, 0.1) is 6.10 Å². The number of thiophene rings is 1. The number of nitrogens with zero attached hydrogens (tertiary/aromatic N) is 2. The number of aliphatic hydroxyl groups excluding tert-OH is 1. The van der Waals surface area contributed by atoms with Crippen LogP contribution < -0.4 is 0 Å². The van der Waals surface area contributed by atoms with Crippen molar-refractivity contribution in [1.29, 1.82) is 0 Å². The number of Topliss-reactive ketones (excluding diaryl/α,β-unsaturated/α-hetero) is 2. The van der Waals surface area contributed by atoms with Crippen molar-refractivity contribution in [1.82, 2.24) is 9.55 Å². The molecule has 1 unspecified atom stereocenters. The second-order valence-corrected chi connectivity index (χ2v) is 12.0. The first kappa shape index (κ1) is 25.5. The van der Waals surface area contributed by atoms with Gasteiger partial charge in [0.25, 0.3) is 0 Å². The van der Waals surface area contributed by atoms with Crippen LogP contribution in [0.4, 0.5) is 0 Å². The summed E-state index contributed by atoms with van der Waals surface area (Å²) in [6.45, 7) is 10.4. The lowest BCUT2D eigenvalue weighted by Crippen LogP contribution is -2.36. The fraction of sp³-hybridized carbons (Fsp3) is 0.483. The summed E-state index contributed by atoms with van der Waals surface area (Å²) in [5.41, 5.74) is 3.34. The summed E-state index contributed by atoms with van der Waals surface area (Å²) in [6, 6.07) is 10.7. The topological polar surface area (TPSA) is 72.2 Å². The quantitative estimate of drug-likeness (QED) is 0.416. The van der Waals surface area contributed by atoms with Crippen LogP contribution in [0.2, 0.25) is 0 Å². The number of rotatable bonds is 8. The molecule has 0 bridgehead atoms. The van der Waals surface area contributed by atoms with Crippen molar-refractivity contribution in [2.45, 2.75) is 72.4 Å². The molecule has 1 saturated carbocycles. The third-order valence-corrected chi connectivity index (χ3v) is 8.36. The van der Waals surface area contributed by atoms with Crippen LogP contribution in [0.15, 0.2) is 48.1 Å². The second kappa shape index (κ2) is 10.2. The van der Waals surface area contributed by atoms with Crippen molar-refractivity contribution < 1.29 is 14.7 Å². The first-order chi connectivity index (χ1) is 16.5. The molecule has 4 rings (SSSR count). The molecule has 0 saturated heterocycles. The molecule has 6 heteroatoms. The fourth-order valence-corrected chi connectivity index (χ4v) is 6.33. The zero-order valence-corrected chi connectivity index (χ0v) is 22.1. The number of aliphatic hydroxyl groups is 1. The lowest BCUT2D eigenvalue weighted by Gasteiger charge is -2.32. The molecule has 1 aromatic carbocycles. The first-order valence-corrected chi connectivity index (χ1v) is 13.3. The molecular formula is C29H36N2O3S. The van der Waals surface area contributed by atoms with Crippen molar-refractivity contribution in [3.8, 4) is 10.4 Å². The van der Waals surface area contributed by atoms with Gasteiger partial charge in [-0.05, 0) is 60.2 Å². The Morgan fingerprint density at radius 2 is 1.89 bits per heavy atom. The summed E-state index contributed by atoms with van der Waals surface area (Å²) in [5.74, 6) is 0.0924. The van der Waals surface area contributed by atoms with Crippen LogP contribution in [-0.4, -0.2) is 32.3 Å². The van der Waals surface area contributed by atoms with E-state index in [-0.39, 0.29) is 41.2 Å². The normalized spacial score (nSPS) is 21.3. The Kier molecular flexibility index (Phi) is 7.43. The number of hydrogen-bond donors (Lipinski definition) is 1. The van der Waals surface area contributed by atoms with E-state index in [2.05, 4.69) is 52.2 Å². The van der Waals surface area contributed by atoms with Crippen molar-refractivity contribution in [3.05, 3.63) is 65.1 Å². The zero-order valence-electron chi connectivity index (χ0n) is 21.3. The number of ketones is 2. The molecule has 0 amide bonds. The second-order valence-electron chi connectivity index (χ2n) is 11.1. The minimum absolute atomic E-state index is 0.0241. The van der Waals surface area contributed by atoms with Gasteiger partial charge in [-0.15, -0.1) is 11.3 Å². The van der Waals surface area contributed by atoms with Crippen LogP contribution in [-0.2, 0) is 16.1 Å². The van der Waals surface area contributed by atoms with E-state index < -0.39 is 6.10 Å². The minimum Gasteiger partial charge on any atom is -0.393 e. The van der Waals surface area contributed by atoms with E-state index in [4.69, 9.17) is 0 Å². The molecule has 0 radical (unpaired) electrons. The van der Waals surface area contributed by atoms with E-state index in [0.717, 1.165) is 11.4 Å². The molecule has 2 heterocycles. The Hall–Kier alpha value is -2.57. The van der Waals surface area contributed by atoms with Gasteiger partial charge in [-0.1, -0.05) is 45.0 Å². The van der Waals surface area contributed by atoms with E-state index in [9.17, 15) is 14.7 Å². The number of imidazole rings is 1. The first-order valence-electron chi connectivity index (χ1n) is 12.4. The lowest BCUT2D eigenvalue weighted by molar-refractivity contribution is -0.134. The van der Waals surface area contributed by atoms with E-state index in [1.165, 1.54) is 16.0 Å². The summed E-state index contributed by atoms with van der Waals surface area (Å²) < 4.78 is 2.10. The van der Waals surface area contributed by atoms with Gasteiger partial charge in [0, 0.05) is 48.0 Å². The maximum Gasteiger partial charge on any atom is 0.140 e. The molecular weight excluding hydrogens is 456 g/mol. The van der Waals surface area contributed by atoms with Gasteiger partial charge in [0.15, 0.2) is 0 Å². The minimum atomic E-state index is -0.537. The summed E-state index contributed by atoms with van der Waals surface area (Å²) in [4.78, 5) is 31.6. The third kappa shape index (κ3) is 5.65. The van der Waals surface area contributed by atoms with Gasteiger partial charge < -0.3 is 14.5 Å². The highest BCUT2D eigenvalue weighted by molar-refractivity contribution is 7.13. The molecule has 186 valence electrons. The summed E-state index contributed by atoms with van der Waals surface area (Å²) >= 11 is 1.75. The highest BCUT2D eigenvalue weighted by Crippen LogP contribution is 2.44. The molecule has 2 aromatic heterocycles. The Labute approximate surface area is 212 Å². The third-order valence-electron chi connectivity index (χ3n) is 7.29. The van der Waals surface area contributed by atoms with Crippen LogP contribution >= 0.6 is 11.3 Å². The molecule has 1 aliphatic rings. The molecule has 3 aromatic rings. The number of aromatic nitrogens is 2. The molecule has 0 spiro atoms. The van der Waals surface area contributed by atoms with Gasteiger partial charge in [-0.3, -0.25) is 4.79 Å². The van der Waals surface area contributed by atoms with Crippen LogP contribution in [0, 0.1) is 24.2 Å². The number of carbonyl (C=O) groups is 2.